The highest BCUT2D eigenvalue weighted by molar-refractivity contribution is 5.70. The zero-order chi connectivity index (χ0) is 12.3. The van der Waals surface area contributed by atoms with E-state index >= 15 is 0 Å². The third kappa shape index (κ3) is 2.30. The first-order chi connectivity index (χ1) is 8.27. The van der Waals surface area contributed by atoms with Crippen molar-refractivity contribution in [2.45, 2.75) is 20.1 Å². The number of ether oxygens (including phenoxy) is 2. The molecule has 0 unspecified atom stereocenters. The van der Waals surface area contributed by atoms with Crippen LogP contribution < -0.4 is 0 Å². The quantitative estimate of drug-likeness (QED) is 0.744. The van der Waals surface area contributed by atoms with Crippen LogP contribution in [0.5, 0.6) is 0 Å². The molecule has 0 aliphatic rings. The molecule has 2 heterocycles. The summed E-state index contributed by atoms with van der Waals surface area (Å²) < 4.78 is 13.0. The maximum absolute atomic E-state index is 5.55. The van der Waals surface area contributed by atoms with Crippen LogP contribution in [0.3, 0.4) is 0 Å². The Labute approximate surface area is 100 Å². The van der Waals surface area contributed by atoms with Crippen LogP contribution in [0.4, 0.5) is 0 Å². The molecule has 0 N–H and O–H groups in total. The van der Waals surface area contributed by atoms with Gasteiger partial charge in [0.15, 0.2) is 11.5 Å². The molecular weight excluding hydrogens is 218 g/mol. The lowest BCUT2D eigenvalue weighted by atomic mass is 10.4. The van der Waals surface area contributed by atoms with Crippen molar-refractivity contribution in [2.75, 3.05) is 13.2 Å². The van der Waals surface area contributed by atoms with Crippen LogP contribution in [0.1, 0.15) is 26.0 Å². The number of hydrogen-bond donors (Lipinski definition) is 0. The normalized spacial score (nSPS) is 11.5. The second kappa shape index (κ2) is 5.25. The van der Waals surface area contributed by atoms with Crippen LogP contribution in [-0.2, 0) is 16.5 Å². The minimum Gasteiger partial charge on any atom is -0.346 e. The van der Waals surface area contributed by atoms with Crippen LogP contribution in [0.15, 0.2) is 18.3 Å². The van der Waals surface area contributed by atoms with Gasteiger partial charge in [-0.2, -0.15) is 0 Å². The number of pyridine rings is 1. The van der Waals surface area contributed by atoms with Gasteiger partial charge in [0.1, 0.15) is 5.52 Å². The number of nitrogens with zero attached hydrogens (tertiary/aromatic N) is 3. The molecule has 0 aliphatic heterocycles. The molecule has 5 nitrogen and oxygen atoms in total. The molecule has 92 valence electrons. The van der Waals surface area contributed by atoms with E-state index in [0.717, 1.165) is 17.0 Å². The molecule has 2 aromatic rings. The average Bonchev–Trinajstić information content (AvgIpc) is 2.67. The molecule has 0 atom stereocenters. The van der Waals surface area contributed by atoms with Crippen molar-refractivity contribution >= 4 is 11.2 Å². The number of imidazole rings is 1. The molecule has 0 amide bonds. The summed E-state index contributed by atoms with van der Waals surface area (Å²) in [4.78, 5) is 8.79. The molecule has 5 heteroatoms. The number of rotatable bonds is 5. The van der Waals surface area contributed by atoms with E-state index in [1.54, 1.807) is 6.20 Å². The zero-order valence-electron chi connectivity index (χ0n) is 10.4. The van der Waals surface area contributed by atoms with Gasteiger partial charge in [-0.3, -0.25) is 0 Å². The van der Waals surface area contributed by atoms with E-state index in [1.807, 2.05) is 37.6 Å². The smallest absolute Gasteiger partial charge is 0.217 e. The summed E-state index contributed by atoms with van der Waals surface area (Å²) in [5.41, 5.74) is 1.70. The molecule has 0 aromatic carbocycles. The van der Waals surface area contributed by atoms with Crippen molar-refractivity contribution in [1.29, 1.82) is 0 Å². The zero-order valence-corrected chi connectivity index (χ0v) is 10.4. The molecule has 0 fully saturated rings. The van der Waals surface area contributed by atoms with Crippen LogP contribution in [0, 0.1) is 0 Å². The molecule has 0 spiro atoms. The first-order valence-corrected chi connectivity index (χ1v) is 5.78. The Morgan fingerprint density at radius 3 is 2.59 bits per heavy atom. The predicted octanol–water partition coefficient (Wildman–Crippen LogP) is 2.04. The Kier molecular flexibility index (Phi) is 3.71. The fourth-order valence-corrected chi connectivity index (χ4v) is 1.75. The fraction of sp³-hybridized carbons (Fsp3) is 0.500. The van der Waals surface area contributed by atoms with Crippen molar-refractivity contribution < 1.29 is 9.47 Å². The largest absolute Gasteiger partial charge is 0.346 e. The second-order valence-electron chi connectivity index (χ2n) is 3.62. The van der Waals surface area contributed by atoms with Crippen LogP contribution in [-0.4, -0.2) is 27.7 Å². The Bertz CT molecular complexity index is 489. The third-order valence-electron chi connectivity index (χ3n) is 2.51. The first-order valence-electron chi connectivity index (χ1n) is 5.78. The van der Waals surface area contributed by atoms with E-state index in [-0.39, 0.29) is 0 Å². The van der Waals surface area contributed by atoms with E-state index in [9.17, 15) is 0 Å². The average molecular weight is 235 g/mol. The van der Waals surface area contributed by atoms with Gasteiger partial charge < -0.3 is 14.0 Å². The molecule has 0 radical (unpaired) electrons. The molecule has 0 aliphatic carbocycles. The molecule has 0 saturated heterocycles. The monoisotopic (exact) mass is 235 g/mol. The van der Waals surface area contributed by atoms with Gasteiger partial charge in [0.2, 0.25) is 6.29 Å². The third-order valence-corrected chi connectivity index (χ3v) is 2.51. The van der Waals surface area contributed by atoms with Crippen molar-refractivity contribution in [3.05, 3.63) is 24.2 Å². The van der Waals surface area contributed by atoms with Gasteiger partial charge in [-0.15, -0.1) is 0 Å². The predicted molar refractivity (Wildman–Crippen MR) is 64.5 cm³/mol. The molecular formula is C12H17N3O2. The summed E-state index contributed by atoms with van der Waals surface area (Å²) in [7, 11) is 1.92. The first kappa shape index (κ1) is 12.0. The number of aryl methyl sites for hydroxylation is 1. The maximum Gasteiger partial charge on any atom is 0.217 e. The number of hydrogen-bond acceptors (Lipinski definition) is 4. The van der Waals surface area contributed by atoms with Crippen molar-refractivity contribution in [1.82, 2.24) is 14.5 Å². The number of aromatic nitrogens is 3. The second-order valence-corrected chi connectivity index (χ2v) is 3.62. The Morgan fingerprint density at radius 2 is 2.00 bits per heavy atom. The SMILES string of the molecule is CCOC(OCC)c1nc2cccnc2n1C. The van der Waals surface area contributed by atoms with E-state index < -0.39 is 6.29 Å². The van der Waals surface area contributed by atoms with Gasteiger partial charge in [-0.05, 0) is 26.0 Å². The summed E-state index contributed by atoms with van der Waals surface area (Å²) in [6.07, 6.45) is 1.33. The van der Waals surface area contributed by atoms with E-state index in [4.69, 9.17) is 9.47 Å². The summed E-state index contributed by atoms with van der Waals surface area (Å²) in [5.74, 6) is 0.752. The summed E-state index contributed by atoms with van der Waals surface area (Å²) >= 11 is 0. The van der Waals surface area contributed by atoms with Gasteiger partial charge in [-0.25, -0.2) is 9.97 Å². The van der Waals surface area contributed by atoms with Crippen LogP contribution in [0.25, 0.3) is 11.2 Å². The van der Waals surface area contributed by atoms with Crippen molar-refractivity contribution in [2.24, 2.45) is 7.05 Å². The van der Waals surface area contributed by atoms with Gasteiger partial charge >= 0.3 is 0 Å². The molecule has 17 heavy (non-hydrogen) atoms. The van der Waals surface area contributed by atoms with E-state index in [0.29, 0.717) is 13.2 Å². The molecule has 2 rings (SSSR count). The molecule has 0 bridgehead atoms. The number of fused-ring (bicyclic) bond motifs is 1. The minimum atomic E-state index is -0.427. The summed E-state index contributed by atoms with van der Waals surface area (Å²) in [6, 6.07) is 3.80. The molecule has 0 saturated carbocycles. The van der Waals surface area contributed by atoms with E-state index in [2.05, 4.69) is 9.97 Å². The van der Waals surface area contributed by atoms with Gasteiger partial charge in [0.05, 0.1) is 0 Å². The van der Waals surface area contributed by atoms with Crippen molar-refractivity contribution in [3.8, 4) is 0 Å². The van der Waals surface area contributed by atoms with Crippen molar-refractivity contribution in [3.63, 3.8) is 0 Å². The maximum atomic E-state index is 5.55. The van der Waals surface area contributed by atoms with E-state index in [1.165, 1.54) is 0 Å². The topological polar surface area (TPSA) is 49.2 Å². The lowest BCUT2D eigenvalue weighted by Gasteiger charge is -2.16. The lowest BCUT2D eigenvalue weighted by molar-refractivity contribution is -0.146. The fourth-order valence-electron chi connectivity index (χ4n) is 1.75. The van der Waals surface area contributed by atoms with Crippen LogP contribution >= 0.6 is 0 Å². The highest BCUT2D eigenvalue weighted by atomic mass is 16.7. The Balaban J connectivity index is 2.42. The molecule has 2 aromatic heterocycles. The lowest BCUT2D eigenvalue weighted by Crippen LogP contribution is -2.13. The van der Waals surface area contributed by atoms with Crippen LogP contribution in [0.2, 0.25) is 0 Å². The summed E-state index contributed by atoms with van der Waals surface area (Å²) in [5, 5.41) is 0. The minimum absolute atomic E-state index is 0.427. The highest BCUT2D eigenvalue weighted by Gasteiger charge is 2.19. The summed E-state index contributed by atoms with van der Waals surface area (Å²) in [6.45, 7) is 5.04. The Morgan fingerprint density at radius 1 is 1.29 bits per heavy atom. The Hall–Kier alpha value is -1.46. The standard InChI is InChI=1S/C12H17N3O2/c1-4-16-12(17-5-2)11-14-9-7-6-8-13-10(9)15(11)3/h6-8,12H,4-5H2,1-3H3. The van der Waals surface area contributed by atoms with Gasteiger partial charge in [0.25, 0.3) is 0 Å². The van der Waals surface area contributed by atoms with Gasteiger partial charge in [-0.1, -0.05) is 0 Å². The highest BCUT2D eigenvalue weighted by Crippen LogP contribution is 2.21. The van der Waals surface area contributed by atoms with Gasteiger partial charge in [0, 0.05) is 26.5 Å².